The number of hydrogen-bond donors (Lipinski definition) is 1. The SMILES string of the molecule is C=C=CSc1n[nH]c(-c2ccccc2)n1. The highest BCUT2D eigenvalue weighted by Crippen LogP contribution is 2.18. The molecule has 0 aliphatic rings. The van der Waals surface area contributed by atoms with E-state index in [1.54, 1.807) is 5.41 Å². The summed E-state index contributed by atoms with van der Waals surface area (Å²) in [7, 11) is 0. The van der Waals surface area contributed by atoms with Crippen LogP contribution in [0.1, 0.15) is 0 Å². The fraction of sp³-hybridized carbons (Fsp3) is 0. The molecule has 15 heavy (non-hydrogen) atoms. The fourth-order valence-corrected chi connectivity index (χ4v) is 1.55. The summed E-state index contributed by atoms with van der Waals surface area (Å²) in [6.07, 6.45) is 0. The fourth-order valence-electron chi connectivity index (χ4n) is 1.12. The largest absolute Gasteiger partial charge is 0.258 e. The first-order valence-electron chi connectivity index (χ1n) is 4.39. The van der Waals surface area contributed by atoms with E-state index in [1.807, 2.05) is 30.3 Å². The minimum Gasteiger partial charge on any atom is -0.258 e. The third-order valence-electron chi connectivity index (χ3n) is 1.76. The van der Waals surface area contributed by atoms with Gasteiger partial charge in [-0.05, 0) is 11.8 Å². The van der Waals surface area contributed by atoms with E-state index in [-0.39, 0.29) is 0 Å². The Balaban J connectivity index is 2.24. The lowest BCUT2D eigenvalue weighted by Gasteiger charge is -1.92. The lowest BCUT2D eigenvalue weighted by Crippen LogP contribution is -1.78. The van der Waals surface area contributed by atoms with Crippen LogP contribution in [-0.2, 0) is 0 Å². The predicted octanol–water partition coefficient (Wildman–Crippen LogP) is 2.86. The number of rotatable bonds is 3. The number of H-pyrrole nitrogens is 1. The topological polar surface area (TPSA) is 41.6 Å². The molecule has 1 N–H and O–H groups in total. The van der Waals surface area contributed by atoms with Crippen LogP contribution in [0.4, 0.5) is 0 Å². The molecule has 0 atom stereocenters. The second-order valence-electron chi connectivity index (χ2n) is 2.77. The van der Waals surface area contributed by atoms with Crippen molar-refractivity contribution in [2.24, 2.45) is 0 Å². The van der Waals surface area contributed by atoms with Crippen LogP contribution in [0.2, 0.25) is 0 Å². The van der Waals surface area contributed by atoms with E-state index in [4.69, 9.17) is 0 Å². The third-order valence-corrected chi connectivity index (χ3v) is 2.44. The molecule has 1 heterocycles. The molecule has 0 aliphatic heterocycles. The minimum absolute atomic E-state index is 0.671. The summed E-state index contributed by atoms with van der Waals surface area (Å²) in [6.45, 7) is 3.47. The zero-order chi connectivity index (χ0) is 10.5. The van der Waals surface area contributed by atoms with Gasteiger partial charge < -0.3 is 0 Å². The van der Waals surface area contributed by atoms with Crippen molar-refractivity contribution in [3.8, 4) is 11.4 Å². The standard InChI is InChI=1S/C11H9N3S/c1-2-8-15-11-12-10(13-14-11)9-6-4-3-5-7-9/h3-8H,1H2,(H,12,13,14). The highest BCUT2D eigenvalue weighted by molar-refractivity contribution is 8.02. The number of benzene rings is 1. The number of nitrogens with zero attached hydrogens (tertiary/aromatic N) is 2. The molecule has 0 fully saturated rings. The highest BCUT2D eigenvalue weighted by Gasteiger charge is 2.03. The quantitative estimate of drug-likeness (QED) is 0.632. The normalized spacial score (nSPS) is 9.60. The van der Waals surface area contributed by atoms with E-state index in [1.165, 1.54) is 11.8 Å². The van der Waals surface area contributed by atoms with E-state index < -0.39 is 0 Å². The number of aromatic nitrogens is 3. The average Bonchev–Trinajstić information content (AvgIpc) is 2.76. The Kier molecular flexibility index (Phi) is 3.02. The van der Waals surface area contributed by atoms with Crippen molar-refractivity contribution in [3.05, 3.63) is 48.1 Å². The van der Waals surface area contributed by atoms with Gasteiger partial charge in [0.1, 0.15) is 0 Å². The van der Waals surface area contributed by atoms with Crippen LogP contribution < -0.4 is 0 Å². The minimum atomic E-state index is 0.671. The van der Waals surface area contributed by atoms with Crippen molar-refractivity contribution in [2.75, 3.05) is 0 Å². The summed E-state index contributed by atoms with van der Waals surface area (Å²) < 4.78 is 0. The molecule has 4 heteroatoms. The maximum absolute atomic E-state index is 4.32. The van der Waals surface area contributed by atoms with Gasteiger partial charge in [0.25, 0.3) is 0 Å². The van der Waals surface area contributed by atoms with Gasteiger partial charge in [-0.3, -0.25) is 5.10 Å². The molecular formula is C11H9N3S. The summed E-state index contributed by atoms with van der Waals surface area (Å²) in [4.78, 5) is 4.32. The molecule has 0 unspecified atom stereocenters. The van der Waals surface area contributed by atoms with E-state index in [9.17, 15) is 0 Å². The molecule has 0 amide bonds. The summed E-state index contributed by atoms with van der Waals surface area (Å²) >= 11 is 1.38. The van der Waals surface area contributed by atoms with E-state index >= 15 is 0 Å². The maximum atomic E-state index is 4.32. The van der Waals surface area contributed by atoms with Gasteiger partial charge >= 0.3 is 0 Å². The Morgan fingerprint density at radius 3 is 2.87 bits per heavy atom. The molecular weight excluding hydrogens is 206 g/mol. The van der Waals surface area contributed by atoms with E-state index in [0.29, 0.717) is 5.16 Å². The molecule has 2 rings (SSSR count). The van der Waals surface area contributed by atoms with Gasteiger partial charge in [-0.15, -0.1) is 10.8 Å². The predicted molar refractivity (Wildman–Crippen MR) is 61.4 cm³/mol. The summed E-state index contributed by atoms with van der Waals surface area (Å²) in [5, 5.41) is 9.33. The zero-order valence-electron chi connectivity index (χ0n) is 7.97. The summed E-state index contributed by atoms with van der Waals surface area (Å²) in [5.41, 5.74) is 3.69. The summed E-state index contributed by atoms with van der Waals surface area (Å²) in [6, 6.07) is 9.87. The van der Waals surface area contributed by atoms with Crippen LogP contribution in [0, 0.1) is 0 Å². The molecule has 1 aromatic carbocycles. The second-order valence-corrected chi connectivity index (χ2v) is 3.61. The molecule has 0 radical (unpaired) electrons. The van der Waals surface area contributed by atoms with Crippen LogP contribution in [0.3, 0.4) is 0 Å². The first-order chi connectivity index (χ1) is 7.40. The smallest absolute Gasteiger partial charge is 0.213 e. The highest BCUT2D eigenvalue weighted by atomic mass is 32.2. The maximum Gasteiger partial charge on any atom is 0.213 e. The first kappa shape index (κ1) is 9.77. The van der Waals surface area contributed by atoms with Crippen molar-refractivity contribution in [1.82, 2.24) is 15.2 Å². The Morgan fingerprint density at radius 2 is 2.13 bits per heavy atom. The number of nitrogens with one attached hydrogen (secondary N) is 1. The van der Waals surface area contributed by atoms with Gasteiger partial charge in [0, 0.05) is 11.0 Å². The third kappa shape index (κ3) is 2.37. The number of aromatic amines is 1. The van der Waals surface area contributed by atoms with Crippen molar-refractivity contribution < 1.29 is 0 Å². The van der Waals surface area contributed by atoms with Crippen molar-refractivity contribution >= 4 is 11.8 Å². The van der Waals surface area contributed by atoms with Gasteiger partial charge in [-0.2, -0.15) is 0 Å². The van der Waals surface area contributed by atoms with Gasteiger partial charge in [0.05, 0.1) is 0 Å². The van der Waals surface area contributed by atoms with Gasteiger partial charge in [0.2, 0.25) is 5.16 Å². The van der Waals surface area contributed by atoms with Crippen LogP contribution in [0.25, 0.3) is 11.4 Å². The van der Waals surface area contributed by atoms with E-state index in [0.717, 1.165) is 11.4 Å². The molecule has 3 nitrogen and oxygen atoms in total. The van der Waals surface area contributed by atoms with Crippen LogP contribution in [0.5, 0.6) is 0 Å². The van der Waals surface area contributed by atoms with Gasteiger partial charge in [0.15, 0.2) is 5.82 Å². The zero-order valence-corrected chi connectivity index (χ0v) is 8.79. The van der Waals surface area contributed by atoms with E-state index in [2.05, 4.69) is 27.5 Å². The summed E-state index contributed by atoms with van der Waals surface area (Å²) in [5.74, 6) is 0.774. The van der Waals surface area contributed by atoms with Crippen LogP contribution >= 0.6 is 11.8 Å². The Labute approximate surface area is 91.9 Å². The molecule has 0 saturated carbocycles. The Bertz CT molecular complexity index is 484. The lowest BCUT2D eigenvalue weighted by atomic mass is 10.2. The lowest BCUT2D eigenvalue weighted by molar-refractivity contribution is 0.977. The van der Waals surface area contributed by atoms with Crippen LogP contribution in [-0.4, -0.2) is 15.2 Å². The molecule has 2 aromatic rings. The Hall–Kier alpha value is -1.77. The monoisotopic (exact) mass is 215 g/mol. The Morgan fingerprint density at radius 1 is 1.33 bits per heavy atom. The van der Waals surface area contributed by atoms with Crippen molar-refractivity contribution in [3.63, 3.8) is 0 Å². The number of hydrogen-bond acceptors (Lipinski definition) is 3. The first-order valence-corrected chi connectivity index (χ1v) is 5.27. The molecule has 0 bridgehead atoms. The van der Waals surface area contributed by atoms with Crippen molar-refractivity contribution in [2.45, 2.75) is 5.16 Å². The molecule has 0 aliphatic carbocycles. The number of thioether (sulfide) groups is 1. The molecule has 74 valence electrons. The molecule has 0 saturated heterocycles. The second kappa shape index (κ2) is 4.64. The van der Waals surface area contributed by atoms with Gasteiger partial charge in [-0.25, -0.2) is 4.98 Å². The molecule has 1 aromatic heterocycles. The van der Waals surface area contributed by atoms with Gasteiger partial charge in [-0.1, -0.05) is 36.9 Å². The van der Waals surface area contributed by atoms with Crippen LogP contribution in [0.15, 0.2) is 53.2 Å². The average molecular weight is 215 g/mol. The molecule has 0 spiro atoms. The van der Waals surface area contributed by atoms with Crippen molar-refractivity contribution in [1.29, 1.82) is 0 Å².